The molecule has 2 N–H and O–H groups in total. The number of carbonyl (C=O) groups is 1. The minimum absolute atomic E-state index is 0.0193. The van der Waals surface area contributed by atoms with Crippen LogP contribution in [0.3, 0.4) is 0 Å². The minimum Gasteiger partial charge on any atom is -0.419 e. The average Bonchev–Trinajstić information content (AvgIpc) is 3.74. The summed E-state index contributed by atoms with van der Waals surface area (Å²) in [7, 11) is 0. The molecule has 0 unspecified atom stereocenters. The lowest BCUT2D eigenvalue weighted by atomic mass is 9.94. The van der Waals surface area contributed by atoms with Crippen molar-refractivity contribution in [2.75, 3.05) is 6.54 Å². The summed E-state index contributed by atoms with van der Waals surface area (Å²) in [6, 6.07) is 15.6. The number of hydrogen-bond acceptors (Lipinski definition) is 9. The summed E-state index contributed by atoms with van der Waals surface area (Å²) >= 11 is 3.12. The van der Waals surface area contributed by atoms with Gasteiger partial charge in [0.05, 0.1) is 11.6 Å². The summed E-state index contributed by atoms with van der Waals surface area (Å²) in [4.78, 5) is 25.0. The van der Waals surface area contributed by atoms with Crippen LogP contribution in [0.5, 0.6) is 0 Å². The second-order valence-electron chi connectivity index (χ2n) is 10.1. The largest absolute Gasteiger partial charge is 0.419 e. The van der Waals surface area contributed by atoms with Crippen LogP contribution >= 0.6 is 22.7 Å². The smallest absolute Gasteiger partial charge is 0.254 e. The molecule has 39 heavy (non-hydrogen) atoms. The highest BCUT2D eigenvalue weighted by atomic mass is 32.1. The maximum atomic E-state index is 13.9. The molecule has 2 atom stereocenters. The number of aryl methyl sites for hydroxylation is 1. The second-order valence-corrected chi connectivity index (χ2v) is 11.9. The van der Waals surface area contributed by atoms with E-state index in [1.165, 1.54) is 11.3 Å². The number of nitrogens with zero attached hydrogens (tertiary/aromatic N) is 5. The zero-order chi connectivity index (χ0) is 27.0. The Balaban J connectivity index is 1.35. The third-order valence-corrected chi connectivity index (χ3v) is 8.76. The quantitative estimate of drug-likeness (QED) is 0.261. The molecule has 0 saturated carbocycles. The van der Waals surface area contributed by atoms with Crippen LogP contribution in [-0.4, -0.2) is 37.5 Å². The predicted octanol–water partition coefficient (Wildman–Crippen LogP) is 6.02. The van der Waals surface area contributed by atoms with Crippen LogP contribution in [0.1, 0.15) is 58.3 Å². The van der Waals surface area contributed by atoms with Gasteiger partial charge in [0.25, 0.3) is 5.91 Å². The van der Waals surface area contributed by atoms with Crippen LogP contribution in [0.2, 0.25) is 0 Å². The number of nitrogens with two attached hydrogens (primary N) is 1. The number of likely N-dealkylation sites (tertiary alicyclic amines) is 1. The number of benzene rings is 2. The molecule has 198 valence electrons. The molecule has 1 fully saturated rings. The van der Waals surface area contributed by atoms with Crippen molar-refractivity contribution in [1.29, 1.82) is 0 Å². The molecule has 0 aliphatic carbocycles. The van der Waals surface area contributed by atoms with Crippen LogP contribution < -0.4 is 5.73 Å². The average molecular weight is 557 g/mol. The Morgan fingerprint density at radius 1 is 1.15 bits per heavy atom. The van der Waals surface area contributed by atoms with Crippen molar-refractivity contribution in [2.24, 2.45) is 5.73 Å². The molecular weight excluding hydrogens is 528 g/mol. The van der Waals surface area contributed by atoms with Gasteiger partial charge in [0.15, 0.2) is 0 Å². The van der Waals surface area contributed by atoms with Crippen molar-refractivity contribution in [3.63, 3.8) is 0 Å². The summed E-state index contributed by atoms with van der Waals surface area (Å²) < 4.78 is 6.14. The minimum atomic E-state index is -0.854. The first-order chi connectivity index (χ1) is 18.9. The molecule has 0 spiro atoms. The summed E-state index contributed by atoms with van der Waals surface area (Å²) in [5.74, 6) is 0.612. The lowest BCUT2D eigenvalue weighted by Gasteiger charge is -2.23. The molecule has 6 rings (SSSR count). The van der Waals surface area contributed by atoms with E-state index in [0.29, 0.717) is 35.9 Å². The van der Waals surface area contributed by atoms with Crippen molar-refractivity contribution in [3.8, 4) is 22.0 Å². The summed E-state index contributed by atoms with van der Waals surface area (Å²) in [5.41, 5.74) is 9.87. The predicted molar refractivity (Wildman–Crippen MR) is 152 cm³/mol. The summed E-state index contributed by atoms with van der Waals surface area (Å²) in [6.45, 7) is 4.55. The third kappa shape index (κ3) is 5.27. The summed E-state index contributed by atoms with van der Waals surface area (Å²) in [5, 5.41) is 14.4. The standard InChI is InChI=1S/C29H28N6O2S2/c1-18-17-39-26(32-18)23-9-6-11-35(23)27(36)22-14-20(13-21(15-22)25-31-10-12-38-25)24-33-34-28(37-24)29(2,30)16-19-7-4-3-5-8-19/h3-5,7-8,10,12-15,17,23H,6,9,11,16,30H2,1-2H3/t23-,29+/m1/s1. The fourth-order valence-corrected chi connectivity index (χ4v) is 6.56. The molecule has 0 radical (unpaired) electrons. The van der Waals surface area contributed by atoms with Crippen molar-refractivity contribution < 1.29 is 9.21 Å². The molecule has 10 heteroatoms. The van der Waals surface area contributed by atoms with Gasteiger partial charge in [-0.05, 0) is 56.9 Å². The Hall–Kier alpha value is -3.73. The van der Waals surface area contributed by atoms with Gasteiger partial charge in [-0.2, -0.15) is 0 Å². The van der Waals surface area contributed by atoms with Crippen LogP contribution in [0, 0.1) is 6.92 Å². The molecule has 5 aromatic rings. The van der Waals surface area contributed by atoms with Gasteiger partial charge in [0.2, 0.25) is 11.8 Å². The Kier molecular flexibility index (Phi) is 6.84. The number of rotatable bonds is 7. The van der Waals surface area contributed by atoms with E-state index in [0.717, 1.165) is 39.7 Å². The third-order valence-electron chi connectivity index (χ3n) is 6.87. The molecule has 0 bridgehead atoms. The van der Waals surface area contributed by atoms with Gasteiger partial charge >= 0.3 is 0 Å². The number of carbonyl (C=O) groups excluding carboxylic acids is 1. The van der Waals surface area contributed by atoms with Crippen LogP contribution in [-0.2, 0) is 12.0 Å². The van der Waals surface area contributed by atoms with E-state index in [4.69, 9.17) is 10.2 Å². The molecule has 1 amide bonds. The molecule has 1 saturated heterocycles. The first-order valence-corrected chi connectivity index (χ1v) is 14.6. The van der Waals surface area contributed by atoms with Gasteiger partial charge in [0.1, 0.15) is 10.0 Å². The van der Waals surface area contributed by atoms with E-state index in [2.05, 4.69) is 20.2 Å². The first-order valence-electron chi connectivity index (χ1n) is 12.8. The molecular formula is C29H28N6O2S2. The second kappa shape index (κ2) is 10.4. The van der Waals surface area contributed by atoms with E-state index < -0.39 is 5.54 Å². The molecule has 1 aliphatic rings. The molecule has 8 nitrogen and oxygen atoms in total. The number of amides is 1. The fourth-order valence-electron chi connectivity index (χ4n) is 4.99. The maximum absolute atomic E-state index is 13.9. The van der Waals surface area contributed by atoms with Gasteiger partial charge in [0, 0.05) is 45.9 Å². The van der Waals surface area contributed by atoms with Crippen molar-refractivity contribution in [3.05, 3.63) is 93.2 Å². The highest BCUT2D eigenvalue weighted by Gasteiger charge is 2.33. The Bertz CT molecular complexity index is 1590. The van der Waals surface area contributed by atoms with Gasteiger partial charge in [-0.1, -0.05) is 30.3 Å². The van der Waals surface area contributed by atoms with Gasteiger partial charge in [-0.15, -0.1) is 32.9 Å². The first kappa shape index (κ1) is 25.5. The van der Waals surface area contributed by atoms with Crippen molar-refractivity contribution in [2.45, 2.75) is 44.7 Å². The molecule has 3 aromatic heterocycles. The Morgan fingerprint density at radius 3 is 2.72 bits per heavy atom. The van der Waals surface area contributed by atoms with Gasteiger partial charge in [-0.25, -0.2) is 9.97 Å². The molecule has 2 aromatic carbocycles. The highest BCUT2D eigenvalue weighted by Crippen LogP contribution is 2.37. The zero-order valence-electron chi connectivity index (χ0n) is 21.7. The van der Waals surface area contributed by atoms with Gasteiger partial charge in [-0.3, -0.25) is 4.79 Å². The summed E-state index contributed by atoms with van der Waals surface area (Å²) in [6.07, 6.45) is 4.15. The van der Waals surface area contributed by atoms with E-state index in [9.17, 15) is 4.79 Å². The van der Waals surface area contributed by atoms with Crippen molar-refractivity contribution >= 4 is 28.6 Å². The van der Waals surface area contributed by atoms with E-state index in [1.54, 1.807) is 17.5 Å². The lowest BCUT2D eigenvalue weighted by molar-refractivity contribution is 0.0735. The molecule has 1 aliphatic heterocycles. The van der Waals surface area contributed by atoms with Crippen LogP contribution in [0.15, 0.2) is 69.9 Å². The zero-order valence-corrected chi connectivity index (χ0v) is 23.3. The Morgan fingerprint density at radius 2 is 1.97 bits per heavy atom. The monoisotopic (exact) mass is 556 g/mol. The normalized spacial score (nSPS) is 16.9. The van der Waals surface area contributed by atoms with Gasteiger partial charge < -0.3 is 15.1 Å². The SMILES string of the molecule is Cc1csc([C@H]2CCCN2C(=O)c2cc(-c3nnc([C@@](C)(N)Cc4ccccc4)o3)cc(-c3nccs3)c2)n1. The van der Waals surface area contributed by atoms with E-state index >= 15 is 0 Å². The lowest BCUT2D eigenvalue weighted by Crippen LogP contribution is -2.35. The number of aromatic nitrogens is 4. The van der Waals surface area contributed by atoms with Crippen molar-refractivity contribution in [1.82, 2.24) is 25.1 Å². The Labute approximate surface area is 234 Å². The number of hydrogen-bond donors (Lipinski definition) is 1. The highest BCUT2D eigenvalue weighted by molar-refractivity contribution is 7.13. The number of thiazole rings is 2. The van der Waals surface area contributed by atoms with E-state index in [-0.39, 0.29) is 11.9 Å². The topological polar surface area (TPSA) is 111 Å². The fraction of sp³-hybridized carbons (Fsp3) is 0.276. The maximum Gasteiger partial charge on any atom is 0.254 e. The van der Waals surface area contributed by atoms with E-state index in [1.807, 2.05) is 78.0 Å². The van der Waals surface area contributed by atoms with Crippen LogP contribution in [0.4, 0.5) is 0 Å². The van der Waals surface area contributed by atoms with Crippen LogP contribution in [0.25, 0.3) is 22.0 Å². The molecule has 4 heterocycles.